The van der Waals surface area contributed by atoms with Crippen molar-refractivity contribution in [1.82, 2.24) is 9.97 Å². The van der Waals surface area contributed by atoms with E-state index in [1.807, 2.05) is 38.1 Å². The van der Waals surface area contributed by atoms with Crippen LogP contribution in [0, 0.1) is 17.2 Å². The maximum atomic E-state index is 11.7. The molecule has 1 aromatic carbocycles. The molecule has 0 bridgehead atoms. The van der Waals surface area contributed by atoms with Crippen molar-refractivity contribution in [2.45, 2.75) is 26.3 Å². The van der Waals surface area contributed by atoms with E-state index in [1.165, 1.54) is 6.20 Å². The molecule has 3 rings (SSSR count). The molecule has 1 atom stereocenters. The highest BCUT2D eigenvalue weighted by Gasteiger charge is 2.17. The Kier molecular flexibility index (Phi) is 5.70. The van der Waals surface area contributed by atoms with Crippen molar-refractivity contribution in [3.63, 3.8) is 0 Å². The van der Waals surface area contributed by atoms with Gasteiger partial charge in [0.25, 0.3) is 0 Å². The highest BCUT2D eigenvalue weighted by Crippen LogP contribution is 2.26. The third-order valence-corrected chi connectivity index (χ3v) is 4.30. The third-order valence-electron chi connectivity index (χ3n) is 4.30. The summed E-state index contributed by atoms with van der Waals surface area (Å²) < 4.78 is 0. The van der Waals surface area contributed by atoms with Crippen molar-refractivity contribution >= 4 is 33.7 Å². The Balaban J connectivity index is 1.88. The zero-order valence-electron chi connectivity index (χ0n) is 15.8. The van der Waals surface area contributed by atoms with Gasteiger partial charge in [0.2, 0.25) is 5.91 Å². The monoisotopic (exact) mass is 374 g/mol. The average molecular weight is 374 g/mol. The molecule has 4 N–H and O–H groups in total. The predicted octanol–water partition coefficient (Wildman–Crippen LogP) is 3.56. The van der Waals surface area contributed by atoms with Crippen molar-refractivity contribution in [2.24, 2.45) is 11.7 Å². The summed E-state index contributed by atoms with van der Waals surface area (Å²) in [6, 6.07) is 11.1. The van der Waals surface area contributed by atoms with E-state index >= 15 is 0 Å². The summed E-state index contributed by atoms with van der Waals surface area (Å²) in [5.74, 6) is -0.114. The molecule has 28 heavy (non-hydrogen) atoms. The number of aromatic nitrogens is 2. The Hall–Kier alpha value is -3.66. The topological polar surface area (TPSA) is 117 Å². The third kappa shape index (κ3) is 4.54. The molecular formula is C21H22N6O. The molecule has 0 aliphatic heterocycles. The standard InChI is InChI=1S/C21H22N6O/c1-13(2)7-19(21(23)28)27-17-9-18(20(10-22)25-12-17)26-16-4-3-15-11-24-6-5-14(15)8-16/h3-6,8-9,11-13,19,26-27H,7H2,1-2H3,(H2,23,28). The van der Waals surface area contributed by atoms with Gasteiger partial charge in [-0.05, 0) is 42.0 Å². The number of amides is 1. The number of nitrogens with zero attached hydrogens (tertiary/aromatic N) is 3. The zero-order valence-corrected chi connectivity index (χ0v) is 15.8. The molecule has 0 aliphatic rings. The first kappa shape index (κ1) is 19.1. The van der Waals surface area contributed by atoms with E-state index in [0.29, 0.717) is 23.7 Å². The SMILES string of the molecule is CC(C)CC(Nc1cnc(C#N)c(Nc2ccc3cnccc3c2)c1)C(N)=O. The second kappa shape index (κ2) is 8.35. The van der Waals surface area contributed by atoms with Crippen molar-refractivity contribution < 1.29 is 4.79 Å². The Morgan fingerprint density at radius 3 is 2.71 bits per heavy atom. The molecule has 7 heteroatoms. The minimum absolute atomic E-state index is 0.264. The Bertz CT molecular complexity index is 1040. The fraction of sp³-hybridized carbons (Fsp3) is 0.238. The number of nitrogens with one attached hydrogen (secondary N) is 2. The smallest absolute Gasteiger partial charge is 0.239 e. The summed E-state index contributed by atoms with van der Waals surface area (Å²) in [7, 11) is 0. The minimum Gasteiger partial charge on any atom is -0.372 e. The second-order valence-corrected chi connectivity index (χ2v) is 7.02. The summed E-state index contributed by atoms with van der Waals surface area (Å²) in [5, 5.41) is 17.8. The van der Waals surface area contributed by atoms with Crippen LogP contribution in [0.25, 0.3) is 10.8 Å². The van der Waals surface area contributed by atoms with Crippen LogP contribution in [-0.2, 0) is 4.79 Å². The largest absolute Gasteiger partial charge is 0.372 e. The molecule has 0 saturated heterocycles. The van der Waals surface area contributed by atoms with E-state index in [4.69, 9.17) is 5.73 Å². The maximum Gasteiger partial charge on any atom is 0.239 e. The molecule has 142 valence electrons. The lowest BCUT2D eigenvalue weighted by Gasteiger charge is -2.19. The van der Waals surface area contributed by atoms with Crippen LogP contribution in [0.2, 0.25) is 0 Å². The Morgan fingerprint density at radius 2 is 2.00 bits per heavy atom. The fourth-order valence-electron chi connectivity index (χ4n) is 2.96. The summed E-state index contributed by atoms with van der Waals surface area (Å²) in [5.41, 5.74) is 7.77. The quantitative estimate of drug-likeness (QED) is 0.582. The molecule has 0 fully saturated rings. The van der Waals surface area contributed by atoms with Crippen LogP contribution in [-0.4, -0.2) is 21.9 Å². The van der Waals surface area contributed by atoms with Crippen LogP contribution in [0.15, 0.2) is 48.9 Å². The lowest BCUT2D eigenvalue weighted by molar-refractivity contribution is -0.119. The van der Waals surface area contributed by atoms with Gasteiger partial charge in [-0.1, -0.05) is 19.9 Å². The van der Waals surface area contributed by atoms with Gasteiger partial charge in [0.15, 0.2) is 5.69 Å². The molecule has 0 aliphatic carbocycles. The number of hydrogen-bond donors (Lipinski definition) is 3. The van der Waals surface area contributed by atoms with Crippen molar-refractivity contribution in [3.8, 4) is 6.07 Å². The highest BCUT2D eigenvalue weighted by atomic mass is 16.1. The van der Waals surface area contributed by atoms with E-state index in [9.17, 15) is 10.1 Å². The first-order valence-corrected chi connectivity index (χ1v) is 9.03. The highest BCUT2D eigenvalue weighted by molar-refractivity contribution is 5.86. The molecule has 0 saturated carbocycles. The molecule has 7 nitrogen and oxygen atoms in total. The number of rotatable bonds is 7. The van der Waals surface area contributed by atoms with Crippen LogP contribution in [0.3, 0.4) is 0 Å². The molecule has 0 radical (unpaired) electrons. The molecule has 0 spiro atoms. The van der Waals surface area contributed by atoms with E-state index in [1.54, 1.807) is 18.5 Å². The van der Waals surface area contributed by atoms with Crippen LogP contribution in [0.4, 0.5) is 17.1 Å². The maximum absolute atomic E-state index is 11.7. The van der Waals surface area contributed by atoms with E-state index in [2.05, 4.69) is 26.7 Å². The first-order valence-electron chi connectivity index (χ1n) is 9.03. The van der Waals surface area contributed by atoms with Gasteiger partial charge in [-0.3, -0.25) is 9.78 Å². The Morgan fingerprint density at radius 1 is 1.18 bits per heavy atom. The van der Waals surface area contributed by atoms with Gasteiger partial charge < -0.3 is 16.4 Å². The van der Waals surface area contributed by atoms with Gasteiger partial charge in [-0.15, -0.1) is 0 Å². The van der Waals surface area contributed by atoms with Gasteiger partial charge in [-0.25, -0.2) is 4.98 Å². The van der Waals surface area contributed by atoms with Gasteiger partial charge >= 0.3 is 0 Å². The van der Waals surface area contributed by atoms with Gasteiger partial charge in [0.1, 0.15) is 12.1 Å². The summed E-state index contributed by atoms with van der Waals surface area (Å²) in [6.07, 6.45) is 5.67. The number of nitriles is 1. The second-order valence-electron chi connectivity index (χ2n) is 7.02. The number of fused-ring (bicyclic) bond motifs is 1. The molecule has 3 aromatic rings. The fourth-order valence-corrected chi connectivity index (χ4v) is 2.96. The minimum atomic E-state index is -0.504. The van der Waals surface area contributed by atoms with Crippen LogP contribution in [0.5, 0.6) is 0 Å². The molecule has 1 unspecified atom stereocenters. The Labute approximate surface area is 163 Å². The zero-order chi connectivity index (χ0) is 20.1. The van der Waals surface area contributed by atoms with Crippen molar-refractivity contribution in [2.75, 3.05) is 10.6 Å². The number of benzene rings is 1. The summed E-state index contributed by atoms with van der Waals surface area (Å²) in [6.45, 7) is 4.05. The molecule has 2 heterocycles. The summed E-state index contributed by atoms with van der Waals surface area (Å²) >= 11 is 0. The number of carbonyl (C=O) groups excluding carboxylic acids is 1. The summed E-state index contributed by atoms with van der Waals surface area (Å²) in [4.78, 5) is 20.0. The van der Waals surface area contributed by atoms with Gasteiger partial charge in [-0.2, -0.15) is 5.26 Å². The number of anilines is 3. The van der Waals surface area contributed by atoms with Gasteiger partial charge in [0.05, 0.1) is 17.6 Å². The molecular weight excluding hydrogens is 352 g/mol. The van der Waals surface area contributed by atoms with E-state index in [0.717, 1.165) is 16.5 Å². The van der Waals surface area contributed by atoms with Crippen molar-refractivity contribution in [1.29, 1.82) is 5.26 Å². The number of primary amides is 1. The number of hydrogen-bond acceptors (Lipinski definition) is 6. The van der Waals surface area contributed by atoms with Crippen LogP contribution in [0.1, 0.15) is 26.0 Å². The first-order chi connectivity index (χ1) is 13.5. The average Bonchev–Trinajstić information content (AvgIpc) is 2.67. The van der Waals surface area contributed by atoms with Crippen molar-refractivity contribution in [3.05, 3.63) is 54.6 Å². The lowest BCUT2D eigenvalue weighted by Crippen LogP contribution is -2.36. The normalized spacial score (nSPS) is 11.8. The van der Waals surface area contributed by atoms with E-state index < -0.39 is 11.9 Å². The number of nitrogens with two attached hydrogens (primary N) is 1. The number of carbonyl (C=O) groups is 1. The molecule has 2 aromatic heterocycles. The van der Waals surface area contributed by atoms with E-state index in [-0.39, 0.29) is 5.69 Å². The predicted molar refractivity (Wildman–Crippen MR) is 110 cm³/mol. The lowest BCUT2D eigenvalue weighted by atomic mass is 10.0. The molecule has 1 amide bonds. The van der Waals surface area contributed by atoms with Crippen LogP contribution >= 0.6 is 0 Å². The van der Waals surface area contributed by atoms with Crippen LogP contribution < -0.4 is 16.4 Å². The van der Waals surface area contributed by atoms with Gasteiger partial charge in [0, 0.05) is 23.5 Å². The number of pyridine rings is 2.